The first kappa shape index (κ1) is 11.8. The molecular formula is C19H18O. The molecule has 0 amide bonds. The molecule has 1 aliphatic rings. The van der Waals surface area contributed by atoms with Crippen molar-refractivity contribution in [2.75, 3.05) is 0 Å². The molecule has 4 rings (SSSR count). The Balaban J connectivity index is 2.01. The van der Waals surface area contributed by atoms with Crippen LogP contribution in [0.2, 0.25) is 0 Å². The Morgan fingerprint density at radius 1 is 0.800 bits per heavy atom. The SMILES string of the molecule is C1=C(c2cccc3oc4ccccc4c23)CCCCC1. The lowest BCUT2D eigenvalue weighted by Gasteiger charge is -2.07. The minimum atomic E-state index is 0.990. The van der Waals surface area contributed by atoms with Crippen molar-refractivity contribution in [2.45, 2.75) is 32.1 Å². The molecular weight excluding hydrogens is 244 g/mol. The van der Waals surface area contributed by atoms with Gasteiger partial charge in [0.1, 0.15) is 11.2 Å². The Labute approximate surface area is 118 Å². The van der Waals surface area contributed by atoms with E-state index in [1.54, 1.807) is 0 Å². The first-order chi connectivity index (χ1) is 9.93. The van der Waals surface area contributed by atoms with E-state index in [-0.39, 0.29) is 0 Å². The summed E-state index contributed by atoms with van der Waals surface area (Å²) in [6.07, 6.45) is 8.81. The van der Waals surface area contributed by atoms with Gasteiger partial charge in [-0.25, -0.2) is 0 Å². The molecule has 0 bridgehead atoms. The summed E-state index contributed by atoms with van der Waals surface area (Å²) >= 11 is 0. The molecule has 0 spiro atoms. The molecule has 2 aromatic carbocycles. The minimum absolute atomic E-state index is 0.990. The predicted octanol–water partition coefficient (Wildman–Crippen LogP) is 5.93. The summed E-state index contributed by atoms with van der Waals surface area (Å²) in [6, 6.07) is 14.8. The van der Waals surface area contributed by atoms with E-state index in [2.05, 4.69) is 42.5 Å². The van der Waals surface area contributed by atoms with Crippen molar-refractivity contribution in [1.82, 2.24) is 0 Å². The molecule has 1 heteroatoms. The van der Waals surface area contributed by atoms with Crippen molar-refractivity contribution in [3.8, 4) is 0 Å². The molecule has 1 heterocycles. The number of rotatable bonds is 1. The molecule has 1 nitrogen and oxygen atoms in total. The Morgan fingerprint density at radius 2 is 1.70 bits per heavy atom. The van der Waals surface area contributed by atoms with E-state index in [0.29, 0.717) is 0 Å². The highest BCUT2D eigenvalue weighted by atomic mass is 16.3. The van der Waals surface area contributed by atoms with E-state index < -0.39 is 0 Å². The van der Waals surface area contributed by atoms with Crippen LogP contribution in [0.15, 0.2) is 53.0 Å². The number of hydrogen-bond donors (Lipinski definition) is 0. The van der Waals surface area contributed by atoms with Crippen molar-refractivity contribution in [1.29, 1.82) is 0 Å². The van der Waals surface area contributed by atoms with Crippen LogP contribution in [-0.4, -0.2) is 0 Å². The van der Waals surface area contributed by atoms with Crippen molar-refractivity contribution in [2.24, 2.45) is 0 Å². The molecule has 0 unspecified atom stereocenters. The largest absolute Gasteiger partial charge is 0.456 e. The van der Waals surface area contributed by atoms with Gasteiger partial charge in [0.25, 0.3) is 0 Å². The van der Waals surface area contributed by atoms with E-state index in [0.717, 1.165) is 11.2 Å². The fraction of sp³-hybridized carbons (Fsp3) is 0.263. The van der Waals surface area contributed by atoms with Crippen molar-refractivity contribution in [3.05, 3.63) is 54.1 Å². The summed E-state index contributed by atoms with van der Waals surface area (Å²) in [5, 5.41) is 2.53. The molecule has 0 N–H and O–H groups in total. The van der Waals surface area contributed by atoms with E-state index >= 15 is 0 Å². The van der Waals surface area contributed by atoms with Gasteiger partial charge in [-0.05, 0) is 49.0 Å². The topological polar surface area (TPSA) is 13.1 Å². The van der Waals surface area contributed by atoms with Crippen LogP contribution in [0.3, 0.4) is 0 Å². The molecule has 0 fully saturated rings. The standard InChI is InChI=1S/C19H18O/c1-2-4-9-14(8-3-1)15-11-7-13-18-19(15)16-10-5-6-12-17(16)20-18/h5-8,10-13H,1-4,9H2. The first-order valence-corrected chi connectivity index (χ1v) is 7.53. The lowest BCUT2D eigenvalue weighted by atomic mass is 9.96. The van der Waals surface area contributed by atoms with E-state index in [9.17, 15) is 0 Å². The first-order valence-electron chi connectivity index (χ1n) is 7.53. The highest BCUT2D eigenvalue weighted by Gasteiger charge is 2.14. The van der Waals surface area contributed by atoms with E-state index in [1.807, 2.05) is 6.07 Å². The van der Waals surface area contributed by atoms with Gasteiger partial charge in [0.05, 0.1) is 0 Å². The lowest BCUT2D eigenvalue weighted by molar-refractivity contribution is 0.669. The quantitative estimate of drug-likeness (QED) is 0.529. The molecule has 100 valence electrons. The number of para-hydroxylation sites is 1. The predicted molar refractivity (Wildman–Crippen MR) is 84.8 cm³/mol. The Bertz CT molecular complexity index is 792. The third-order valence-electron chi connectivity index (χ3n) is 4.29. The second-order valence-electron chi connectivity index (χ2n) is 5.61. The maximum absolute atomic E-state index is 5.99. The molecule has 0 atom stereocenters. The number of fused-ring (bicyclic) bond motifs is 3. The summed E-state index contributed by atoms with van der Waals surface area (Å²) in [7, 11) is 0. The molecule has 1 aromatic heterocycles. The number of benzene rings is 2. The van der Waals surface area contributed by atoms with Crippen molar-refractivity contribution in [3.63, 3.8) is 0 Å². The molecule has 0 saturated carbocycles. The van der Waals surface area contributed by atoms with Gasteiger partial charge >= 0.3 is 0 Å². The maximum atomic E-state index is 5.99. The van der Waals surface area contributed by atoms with Crippen molar-refractivity contribution >= 4 is 27.5 Å². The van der Waals surface area contributed by atoms with Gasteiger partial charge in [-0.15, -0.1) is 0 Å². The second kappa shape index (κ2) is 4.82. The van der Waals surface area contributed by atoms with Crippen LogP contribution in [0.4, 0.5) is 0 Å². The maximum Gasteiger partial charge on any atom is 0.136 e. The Morgan fingerprint density at radius 3 is 2.70 bits per heavy atom. The zero-order chi connectivity index (χ0) is 13.4. The van der Waals surface area contributed by atoms with Gasteiger partial charge in [-0.1, -0.05) is 42.8 Å². The van der Waals surface area contributed by atoms with Crippen LogP contribution < -0.4 is 0 Å². The van der Waals surface area contributed by atoms with Gasteiger partial charge < -0.3 is 4.42 Å². The number of furan rings is 1. The molecule has 1 aliphatic carbocycles. The zero-order valence-electron chi connectivity index (χ0n) is 11.6. The van der Waals surface area contributed by atoms with Gasteiger partial charge in [0, 0.05) is 10.8 Å². The lowest BCUT2D eigenvalue weighted by Crippen LogP contribution is -1.85. The van der Waals surface area contributed by atoms with Crippen LogP contribution in [-0.2, 0) is 0 Å². The Kier molecular flexibility index (Phi) is 2.84. The smallest absolute Gasteiger partial charge is 0.136 e. The molecule has 0 saturated heterocycles. The average Bonchev–Trinajstić information content (AvgIpc) is 2.68. The molecule has 20 heavy (non-hydrogen) atoms. The van der Waals surface area contributed by atoms with E-state index in [4.69, 9.17) is 4.42 Å². The van der Waals surface area contributed by atoms with E-state index in [1.165, 1.54) is 54.0 Å². The second-order valence-corrected chi connectivity index (χ2v) is 5.61. The fourth-order valence-electron chi connectivity index (χ4n) is 3.30. The van der Waals surface area contributed by atoms with Gasteiger partial charge in [0.2, 0.25) is 0 Å². The zero-order valence-corrected chi connectivity index (χ0v) is 11.6. The normalized spacial score (nSPS) is 16.3. The minimum Gasteiger partial charge on any atom is -0.456 e. The molecule has 3 aromatic rings. The van der Waals surface area contributed by atoms with Gasteiger partial charge in [0.15, 0.2) is 0 Å². The number of allylic oxidation sites excluding steroid dienone is 2. The third-order valence-corrected chi connectivity index (χ3v) is 4.29. The van der Waals surface area contributed by atoms with Crippen LogP contribution in [0, 0.1) is 0 Å². The fourth-order valence-corrected chi connectivity index (χ4v) is 3.30. The van der Waals surface area contributed by atoms with Crippen LogP contribution >= 0.6 is 0 Å². The van der Waals surface area contributed by atoms with Crippen molar-refractivity contribution < 1.29 is 4.42 Å². The Hall–Kier alpha value is -2.02. The van der Waals surface area contributed by atoms with Crippen LogP contribution in [0.5, 0.6) is 0 Å². The van der Waals surface area contributed by atoms with Crippen LogP contribution in [0.25, 0.3) is 27.5 Å². The summed E-state index contributed by atoms with van der Waals surface area (Å²) < 4.78 is 5.99. The summed E-state index contributed by atoms with van der Waals surface area (Å²) in [4.78, 5) is 0. The average molecular weight is 262 g/mol. The molecule has 0 radical (unpaired) electrons. The number of hydrogen-bond acceptors (Lipinski definition) is 1. The molecule has 0 aliphatic heterocycles. The van der Waals surface area contributed by atoms with Crippen LogP contribution in [0.1, 0.15) is 37.7 Å². The summed E-state index contributed by atoms with van der Waals surface area (Å²) in [5.41, 5.74) is 4.87. The van der Waals surface area contributed by atoms with Gasteiger partial charge in [-0.2, -0.15) is 0 Å². The summed E-state index contributed by atoms with van der Waals surface area (Å²) in [6.45, 7) is 0. The third kappa shape index (κ3) is 1.85. The monoisotopic (exact) mass is 262 g/mol. The van der Waals surface area contributed by atoms with Gasteiger partial charge in [-0.3, -0.25) is 0 Å². The highest BCUT2D eigenvalue weighted by molar-refractivity contribution is 6.10. The highest BCUT2D eigenvalue weighted by Crippen LogP contribution is 2.36. The summed E-state index contributed by atoms with van der Waals surface area (Å²) in [5.74, 6) is 0.